The summed E-state index contributed by atoms with van der Waals surface area (Å²) >= 11 is 0. The highest BCUT2D eigenvalue weighted by Gasteiger charge is 2.22. The number of carbonyl (C=O) groups is 2. The van der Waals surface area contributed by atoms with Crippen LogP contribution in [0.2, 0.25) is 0 Å². The third-order valence-electron chi connectivity index (χ3n) is 5.16. The topological polar surface area (TPSA) is 67.4 Å². The molecule has 2 rings (SSSR count). The van der Waals surface area contributed by atoms with Crippen molar-refractivity contribution < 1.29 is 14.3 Å². The van der Waals surface area contributed by atoms with Crippen LogP contribution in [0.5, 0.6) is 0 Å². The van der Waals surface area contributed by atoms with Gasteiger partial charge in [-0.25, -0.2) is 4.79 Å². The van der Waals surface area contributed by atoms with Gasteiger partial charge in [-0.2, -0.15) is 0 Å². The van der Waals surface area contributed by atoms with E-state index < -0.39 is 5.60 Å². The molecule has 0 heterocycles. The maximum atomic E-state index is 12.9. The van der Waals surface area contributed by atoms with E-state index in [-0.39, 0.29) is 17.8 Å². The van der Waals surface area contributed by atoms with Crippen molar-refractivity contribution in [1.82, 2.24) is 5.43 Å². The summed E-state index contributed by atoms with van der Waals surface area (Å²) < 4.78 is 5.63. The normalized spacial score (nSPS) is 12.9. The molecule has 33 heavy (non-hydrogen) atoms. The third kappa shape index (κ3) is 9.13. The van der Waals surface area contributed by atoms with E-state index >= 15 is 0 Å². The number of benzene rings is 2. The van der Waals surface area contributed by atoms with Crippen LogP contribution in [0.15, 0.2) is 60.7 Å². The van der Waals surface area contributed by atoms with E-state index in [0.717, 1.165) is 23.2 Å². The van der Waals surface area contributed by atoms with Crippen LogP contribution in [0.25, 0.3) is 5.57 Å². The van der Waals surface area contributed by atoms with Gasteiger partial charge >= 0.3 is 5.97 Å². The SMILES string of the molecule is Cc1ccccc1NNC(=O)[C@@H](CCC=C(C(=O)OC(C)(C)C)c1ccccc1)CC(C)C. The van der Waals surface area contributed by atoms with Gasteiger partial charge in [0.25, 0.3) is 0 Å². The molecule has 0 bridgehead atoms. The Morgan fingerprint density at radius 2 is 1.64 bits per heavy atom. The van der Waals surface area contributed by atoms with E-state index in [1.54, 1.807) is 0 Å². The van der Waals surface area contributed by atoms with Crippen LogP contribution < -0.4 is 10.9 Å². The quantitative estimate of drug-likeness (QED) is 0.253. The molecule has 2 aromatic rings. The summed E-state index contributed by atoms with van der Waals surface area (Å²) in [5.41, 5.74) is 8.63. The summed E-state index contributed by atoms with van der Waals surface area (Å²) in [4.78, 5) is 25.8. The highest BCUT2D eigenvalue weighted by molar-refractivity contribution is 6.16. The van der Waals surface area contributed by atoms with Gasteiger partial charge in [-0.15, -0.1) is 0 Å². The van der Waals surface area contributed by atoms with Crippen molar-refractivity contribution in [2.75, 3.05) is 5.43 Å². The van der Waals surface area contributed by atoms with Gasteiger partial charge in [-0.3, -0.25) is 15.6 Å². The Bertz CT molecular complexity index is 943. The van der Waals surface area contributed by atoms with Crippen LogP contribution in [-0.2, 0) is 14.3 Å². The Hall–Kier alpha value is -3.08. The molecule has 0 fully saturated rings. The second kappa shape index (κ2) is 12.2. The fourth-order valence-corrected chi connectivity index (χ4v) is 3.57. The lowest BCUT2D eigenvalue weighted by molar-refractivity contribution is -0.147. The van der Waals surface area contributed by atoms with Crippen LogP contribution in [0.4, 0.5) is 5.69 Å². The van der Waals surface area contributed by atoms with Gasteiger partial charge in [0.2, 0.25) is 5.91 Å². The fraction of sp³-hybridized carbons (Fsp3) is 0.429. The molecule has 0 saturated heterocycles. The van der Waals surface area contributed by atoms with Crippen molar-refractivity contribution in [3.63, 3.8) is 0 Å². The molecule has 178 valence electrons. The molecule has 0 spiro atoms. The maximum absolute atomic E-state index is 12.9. The standard InChI is InChI=1S/C28H38N2O3/c1-20(2)19-23(26(31)30-29-25-18-11-10-13-21(25)3)16-12-17-24(22-14-8-7-9-15-22)27(32)33-28(4,5)6/h7-11,13-15,17-18,20,23,29H,12,16,19H2,1-6H3,(H,30,31)/t23-/m0/s1. The second-order valence-corrected chi connectivity index (χ2v) is 9.82. The largest absolute Gasteiger partial charge is 0.456 e. The first kappa shape index (κ1) is 26.2. The predicted octanol–water partition coefficient (Wildman–Crippen LogP) is 6.31. The van der Waals surface area contributed by atoms with Crippen LogP contribution in [0.3, 0.4) is 0 Å². The Kier molecular flexibility index (Phi) is 9.71. The fourth-order valence-electron chi connectivity index (χ4n) is 3.57. The lowest BCUT2D eigenvalue weighted by Gasteiger charge is -2.21. The van der Waals surface area contributed by atoms with Gasteiger partial charge in [-0.1, -0.05) is 68.5 Å². The summed E-state index contributed by atoms with van der Waals surface area (Å²) in [6, 6.07) is 17.3. The van der Waals surface area contributed by atoms with E-state index in [9.17, 15) is 9.59 Å². The van der Waals surface area contributed by atoms with Gasteiger partial charge in [-0.05, 0) is 70.1 Å². The molecule has 1 atom stereocenters. The highest BCUT2D eigenvalue weighted by atomic mass is 16.6. The van der Waals surface area contributed by atoms with Crippen molar-refractivity contribution in [2.24, 2.45) is 11.8 Å². The van der Waals surface area contributed by atoms with Crippen LogP contribution in [-0.4, -0.2) is 17.5 Å². The number of hydrogen-bond donors (Lipinski definition) is 2. The Morgan fingerprint density at radius 3 is 2.24 bits per heavy atom. The van der Waals surface area contributed by atoms with Gasteiger partial charge < -0.3 is 4.74 Å². The van der Waals surface area contributed by atoms with Gasteiger partial charge in [0.15, 0.2) is 0 Å². The monoisotopic (exact) mass is 450 g/mol. The van der Waals surface area contributed by atoms with Crippen LogP contribution in [0.1, 0.15) is 65.0 Å². The average molecular weight is 451 g/mol. The predicted molar refractivity (Wildman–Crippen MR) is 135 cm³/mol. The van der Waals surface area contributed by atoms with E-state index in [2.05, 4.69) is 24.7 Å². The summed E-state index contributed by atoms with van der Waals surface area (Å²) in [5, 5.41) is 0. The number of allylic oxidation sites excluding steroid dienone is 1. The van der Waals surface area contributed by atoms with Crippen LogP contribution in [0, 0.1) is 18.8 Å². The lowest BCUT2D eigenvalue weighted by atomic mass is 9.91. The van der Waals surface area contributed by atoms with Crippen molar-refractivity contribution in [2.45, 2.75) is 66.4 Å². The molecule has 5 heteroatoms. The lowest BCUT2D eigenvalue weighted by Crippen LogP contribution is -2.35. The molecular weight excluding hydrogens is 412 g/mol. The van der Waals surface area contributed by atoms with Crippen molar-refractivity contribution >= 4 is 23.1 Å². The zero-order valence-electron chi connectivity index (χ0n) is 20.8. The van der Waals surface area contributed by atoms with Gasteiger partial charge in [0, 0.05) is 5.92 Å². The molecule has 0 aliphatic rings. The molecule has 0 aliphatic heterocycles. The molecule has 5 nitrogen and oxygen atoms in total. The van der Waals surface area contributed by atoms with Crippen LogP contribution >= 0.6 is 0 Å². The number of rotatable bonds is 10. The Morgan fingerprint density at radius 1 is 1.00 bits per heavy atom. The summed E-state index contributed by atoms with van der Waals surface area (Å²) in [6.45, 7) is 11.8. The first-order chi connectivity index (χ1) is 15.6. The smallest absolute Gasteiger partial charge is 0.338 e. The number of anilines is 1. The number of ether oxygens (including phenoxy) is 1. The molecule has 2 aromatic carbocycles. The molecule has 0 radical (unpaired) electrons. The minimum Gasteiger partial charge on any atom is -0.456 e. The van der Waals surface area contributed by atoms with Crippen molar-refractivity contribution in [3.8, 4) is 0 Å². The van der Waals surface area contributed by atoms with Gasteiger partial charge in [0.05, 0.1) is 11.3 Å². The Labute approximate surface area is 198 Å². The number of nitrogens with one attached hydrogen (secondary N) is 2. The molecule has 0 aliphatic carbocycles. The minimum absolute atomic E-state index is 0.0427. The number of esters is 1. The number of para-hydroxylation sites is 1. The van der Waals surface area contributed by atoms with Crippen molar-refractivity contribution in [3.05, 3.63) is 71.8 Å². The number of hydrazine groups is 1. The zero-order valence-corrected chi connectivity index (χ0v) is 20.8. The number of amides is 1. The van der Waals surface area contributed by atoms with E-state index in [1.165, 1.54) is 0 Å². The first-order valence-electron chi connectivity index (χ1n) is 11.7. The molecule has 0 saturated carbocycles. The van der Waals surface area contributed by atoms with E-state index in [4.69, 9.17) is 4.74 Å². The van der Waals surface area contributed by atoms with E-state index in [1.807, 2.05) is 88.4 Å². The molecule has 2 N–H and O–H groups in total. The number of carbonyl (C=O) groups excluding carboxylic acids is 2. The molecule has 0 unspecified atom stereocenters. The van der Waals surface area contributed by atoms with Gasteiger partial charge in [0.1, 0.15) is 5.60 Å². The zero-order chi connectivity index (χ0) is 24.4. The minimum atomic E-state index is -0.577. The number of hydrogen-bond acceptors (Lipinski definition) is 4. The molecule has 1 amide bonds. The molecule has 0 aromatic heterocycles. The van der Waals surface area contributed by atoms with Crippen molar-refractivity contribution in [1.29, 1.82) is 0 Å². The van der Waals surface area contributed by atoms with E-state index in [0.29, 0.717) is 24.3 Å². The highest BCUT2D eigenvalue weighted by Crippen LogP contribution is 2.24. The second-order valence-electron chi connectivity index (χ2n) is 9.82. The summed E-state index contributed by atoms with van der Waals surface area (Å²) in [7, 11) is 0. The Balaban J connectivity index is 2.11. The average Bonchev–Trinajstić information content (AvgIpc) is 2.74. The molecular formula is C28H38N2O3. The summed E-state index contributed by atoms with van der Waals surface area (Å²) in [6.07, 6.45) is 3.90. The first-order valence-corrected chi connectivity index (χ1v) is 11.7. The third-order valence-corrected chi connectivity index (χ3v) is 5.16. The number of aryl methyl sites for hydroxylation is 1. The maximum Gasteiger partial charge on any atom is 0.338 e. The summed E-state index contributed by atoms with van der Waals surface area (Å²) in [5.74, 6) is -0.185.